The van der Waals surface area contributed by atoms with Gasteiger partial charge in [-0.15, -0.1) is 11.8 Å². The molecule has 1 unspecified atom stereocenters. The number of anilines is 2. The van der Waals surface area contributed by atoms with E-state index in [0.717, 1.165) is 33.0 Å². The fraction of sp³-hybridized carbons (Fsp3) is 0.125. The number of benzene rings is 3. The van der Waals surface area contributed by atoms with Crippen LogP contribution in [0.3, 0.4) is 0 Å². The normalized spacial score (nSPS) is 15.4. The number of hydrogen-bond acceptors (Lipinski definition) is 4. The SMILES string of the molecule is Cn1c(-c2ccc(NC(=O)CC3Sc4ccccc4NC3=O)cc2)nc2ccccc21. The molecule has 6 nitrogen and oxygen atoms in total. The number of aryl methyl sites for hydroxylation is 1. The molecule has 2 heterocycles. The average Bonchev–Trinajstić information content (AvgIpc) is 3.11. The molecule has 2 amide bonds. The smallest absolute Gasteiger partial charge is 0.238 e. The van der Waals surface area contributed by atoms with E-state index in [2.05, 4.69) is 15.2 Å². The third-order valence-electron chi connectivity index (χ3n) is 5.29. The molecule has 0 saturated heterocycles. The predicted molar refractivity (Wildman–Crippen MR) is 124 cm³/mol. The molecule has 5 rings (SSSR count). The monoisotopic (exact) mass is 428 g/mol. The van der Waals surface area contributed by atoms with Gasteiger partial charge in [0.15, 0.2) is 0 Å². The van der Waals surface area contributed by atoms with Crippen LogP contribution in [0.5, 0.6) is 0 Å². The molecular formula is C24H20N4O2S. The average molecular weight is 429 g/mol. The molecule has 0 aliphatic carbocycles. The number of aromatic nitrogens is 2. The highest BCUT2D eigenvalue weighted by Gasteiger charge is 2.28. The van der Waals surface area contributed by atoms with Crippen molar-refractivity contribution in [2.24, 2.45) is 7.05 Å². The van der Waals surface area contributed by atoms with Gasteiger partial charge in [-0.2, -0.15) is 0 Å². The highest BCUT2D eigenvalue weighted by Crippen LogP contribution is 2.36. The van der Waals surface area contributed by atoms with Crippen molar-refractivity contribution >= 4 is 46.0 Å². The molecule has 0 saturated carbocycles. The van der Waals surface area contributed by atoms with Gasteiger partial charge in [-0.3, -0.25) is 9.59 Å². The molecule has 1 aliphatic rings. The lowest BCUT2D eigenvalue weighted by Gasteiger charge is -2.23. The maximum absolute atomic E-state index is 12.5. The van der Waals surface area contributed by atoms with Gasteiger partial charge in [0, 0.05) is 29.6 Å². The lowest BCUT2D eigenvalue weighted by molar-refractivity contribution is -0.120. The first kappa shape index (κ1) is 19.4. The van der Waals surface area contributed by atoms with E-state index in [9.17, 15) is 9.59 Å². The van der Waals surface area contributed by atoms with Crippen molar-refractivity contribution in [3.63, 3.8) is 0 Å². The van der Waals surface area contributed by atoms with E-state index in [4.69, 9.17) is 4.98 Å². The molecule has 3 aromatic carbocycles. The Morgan fingerprint density at radius 2 is 1.81 bits per heavy atom. The lowest BCUT2D eigenvalue weighted by atomic mass is 10.2. The summed E-state index contributed by atoms with van der Waals surface area (Å²) in [5, 5.41) is 5.32. The summed E-state index contributed by atoms with van der Waals surface area (Å²) < 4.78 is 2.06. The quantitative estimate of drug-likeness (QED) is 0.495. The molecule has 4 aromatic rings. The molecule has 2 N–H and O–H groups in total. The lowest BCUT2D eigenvalue weighted by Crippen LogP contribution is -2.32. The molecule has 1 atom stereocenters. The molecule has 154 valence electrons. The number of rotatable bonds is 4. The summed E-state index contributed by atoms with van der Waals surface area (Å²) in [4.78, 5) is 30.6. The third kappa shape index (κ3) is 3.80. The summed E-state index contributed by atoms with van der Waals surface area (Å²) in [6, 6.07) is 23.2. The summed E-state index contributed by atoms with van der Waals surface area (Å²) in [6.07, 6.45) is 0.108. The number of amides is 2. The Morgan fingerprint density at radius 3 is 2.61 bits per heavy atom. The second-order valence-corrected chi connectivity index (χ2v) is 8.65. The summed E-state index contributed by atoms with van der Waals surface area (Å²) in [7, 11) is 1.99. The highest BCUT2D eigenvalue weighted by molar-refractivity contribution is 8.01. The van der Waals surface area contributed by atoms with Gasteiger partial charge in [-0.1, -0.05) is 24.3 Å². The van der Waals surface area contributed by atoms with Crippen molar-refractivity contribution in [1.29, 1.82) is 0 Å². The van der Waals surface area contributed by atoms with Crippen LogP contribution in [0.1, 0.15) is 6.42 Å². The van der Waals surface area contributed by atoms with Crippen molar-refractivity contribution in [2.75, 3.05) is 10.6 Å². The first-order chi connectivity index (χ1) is 15.1. The largest absolute Gasteiger partial charge is 0.327 e. The maximum Gasteiger partial charge on any atom is 0.238 e. The Balaban J connectivity index is 1.27. The highest BCUT2D eigenvalue weighted by atomic mass is 32.2. The Morgan fingerprint density at radius 1 is 1.06 bits per heavy atom. The second kappa shape index (κ2) is 7.92. The summed E-state index contributed by atoms with van der Waals surface area (Å²) >= 11 is 1.42. The van der Waals surface area contributed by atoms with Gasteiger partial charge in [-0.25, -0.2) is 4.98 Å². The number of nitrogens with zero attached hydrogens (tertiary/aromatic N) is 2. The molecule has 1 aliphatic heterocycles. The summed E-state index contributed by atoms with van der Waals surface area (Å²) in [5.74, 6) is 0.534. The fourth-order valence-electron chi connectivity index (χ4n) is 3.71. The van der Waals surface area contributed by atoms with Gasteiger partial charge in [-0.05, 0) is 48.5 Å². The van der Waals surface area contributed by atoms with E-state index in [0.29, 0.717) is 5.69 Å². The van der Waals surface area contributed by atoms with Gasteiger partial charge < -0.3 is 15.2 Å². The minimum atomic E-state index is -0.450. The number of fused-ring (bicyclic) bond motifs is 2. The Hall–Kier alpha value is -3.58. The molecule has 31 heavy (non-hydrogen) atoms. The standard InChI is InChI=1S/C24H20N4O2S/c1-28-19-8-4-2-6-17(19)26-23(28)15-10-12-16(13-11-15)25-22(29)14-21-24(30)27-18-7-3-5-9-20(18)31-21/h2-13,21H,14H2,1H3,(H,25,29)(H,27,30). The van der Waals surface area contributed by atoms with E-state index < -0.39 is 5.25 Å². The molecule has 0 radical (unpaired) electrons. The van der Waals surface area contributed by atoms with Crippen molar-refractivity contribution < 1.29 is 9.59 Å². The van der Waals surface area contributed by atoms with Crippen LogP contribution >= 0.6 is 11.8 Å². The van der Waals surface area contributed by atoms with Gasteiger partial charge in [0.25, 0.3) is 0 Å². The van der Waals surface area contributed by atoms with E-state index in [1.165, 1.54) is 11.8 Å². The minimum Gasteiger partial charge on any atom is -0.327 e. The number of hydrogen-bond donors (Lipinski definition) is 2. The van der Waals surface area contributed by atoms with Crippen LogP contribution in [0.25, 0.3) is 22.4 Å². The number of imidazole rings is 1. The maximum atomic E-state index is 12.5. The second-order valence-electron chi connectivity index (χ2n) is 7.40. The first-order valence-corrected chi connectivity index (χ1v) is 10.8. The van der Waals surface area contributed by atoms with Crippen molar-refractivity contribution in [3.05, 3.63) is 72.8 Å². The molecule has 1 aromatic heterocycles. The Bertz CT molecular complexity index is 1300. The van der Waals surface area contributed by atoms with Gasteiger partial charge >= 0.3 is 0 Å². The molecule has 0 bridgehead atoms. The van der Waals surface area contributed by atoms with E-state index in [1.807, 2.05) is 79.8 Å². The Kier molecular flexibility index (Phi) is 4.95. The van der Waals surface area contributed by atoms with E-state index >= 15 is 0 Å². The predicted octanol–water partition coefficient (Wildman–Crippen LogP) is 4.68. The van der Waals surface area contributed by atoms with Crippen LogP contribution in [-0.2, 0) is 16.6 Å². The van der Waals surface area contributed by atoms with Crippen LogP contribution in [0.2, 0.25) is 0 Å². The topological polar surface area (TPSA) is 76.0 Å². The zero-order valence-corrected chi connectivity index (χ0v) is 17.6. The number of carbonyl (C=O) groups is 2. The van der Waals surface area contributed by atoms with Gasteiger partial charge in [0.2, 0.25) is 11.8 Å². The van der Waals surface area contributed by atoms with Crippen LogP contribution in [-0.4, -0.2) is 26.6 Å². The molecule has 0 spiro atoms. The Labute approximate surface area is 183 Å². The minimum absolute atomic E-state index is 0.108. The van der Waals surface area contributed by atoms with Gasteiger partial charge in [0.05, 0.1) is 22.0 Å². The summed E-state index contributed by atoms with van der Waals surface area (Å²) in [5.41, 5.74) is 4.47. The number of thioether (sulfide) groups is 1. The van der Waals surface area contributed by atoms with Crippen molar-refractivity contribution in [2.45, 2.75) is 16.6 Å². The van der Waals surface area contributed by atoms with Crippen LogP contribution in [0.15, 0.2) is 77.7 Å². The van der Waals surface area contributed by atoms with E-state index in [-0.39, 0.29) is 18.2 Å². The molecular weight excluding hydrogens is 408 g/mol. The molecule has 7 heteroatoms. The van der Waals surface area contributed by atoms with Gasteiger partial charge in [0.1, 0.15) is 5.82 Å². The molecule has 0 fully saturated rings. The zero-order valence-electron chi connectivity index (χ0n) is 16.8. The van der Waals surface area contributed by atoms with Crippen LogP contribution in [0.4, 0.5) is 11.4 Å². The fourth-order valence-corrected chi connectivity index (χ4v) is 4.82. The first-order valence-electron chi connectivity index (χ1n) is 9.97. The van der Waals surface area contributed by atoms with E-state index in [1.54, 1.807) is 0 Å². The van der Waals surface area contributed by atoms with Crippen LogP contribution < -0.4 is 10.6 Å². The van der Waals surface area contributed by atoms with Crippen LogP contribution in [0, 0.1) is 0 Å². The zero-order chi connectivity index (χ0) is 21.4. The number of nitrogens with one attached hydrogen (secondary N) is 2. The van der Waals surface area contributed by atoms with Crippen molar-refractivity contribution in [3.8, 4) is 11.4 Å². The van der Waals surface area contributed by atoms with Crippen molar-refractivity contribution in [1.82, 2.24) is 9.55 Å². The number of carbonyl (C=O) groups excluding carboxylic acids is 2. The summed E-state index contributed by atoms with van der Waals surface area (Å²) in [6.45, 7) is 0. The number of para-hydroxylation sites is 3. The third-order valence-corrected chi connectivity index (χ3v) is 6.57.